The second-order valence-corrected chi connectivity index (χ2v) is 5.49. The average Bonchev–Trinajstić information content (AvgIpc) is 2.76. The summed E-state index contributed by atoms with van der Waals surface area (Å²) in [4.78, 5) is 13.8. The maximum Gasteiger partial charge on any atom is 0.227 e. The van der Waals surface area contributed by atoms with Crippen molar-refractivity contribution in [1.82, 2.24) is 4.90 Å². The topological polar surface area (TPSA) is 46.3 Å². The first-order valence-electron chi connectivity index (χ1n) is 6.35. The molecule has 1 fully saturated rings. The van der Waals surface area contributed by atoms with Crippen molar-refractivity contribution >= 4 is 5.91 Å². The summed E-state index contributed by atoms with van der Waals surface area (Å²) >= 11 is 0. The number of benzene rings is 1. The van der Waals surface area contributed by atoms with Gasteiger partial charge in [0, 0.05) is 19.2 Å². The molecule has 1 aliphatic heterocycles. The summed E-state index contributed by atoms with van der Waals surface area (Å²) in [6, 6.07) is 3.29. The van der Waals surface area contributed by atoms with Gasteiger partial charge in [0.15, 0.2) is 0 Å². The Morgan fingerprint density at radius 1 is 1.47 bits per heavy atom. The Hall–Kier alpha value is -1.49. The zero-order chi connectivity index (χ0) is 14.0. The molecule has 0 saturated carbocycles. The van der Waals surface area contributed by atoms with Gasteiger partial charge >= 0.3 is 0 Å². The molecule has 1 unspecified atom stereocenters. The number of amides is 1. The number of halogens is 2. The maximum atomic E-state index is 13.5. The molecule has 104 valence electrons. The molecule has 2 N–H and O–H groups in total. The average molecular weight is 268 g/mol. The van der Waals surface area contributed by atoms with Crippen LogP contribution in [-0.4, -0.2) is 30.4 Å². The fourth-order valence-electron chi connectivity index (χ4n) is 2.34. The van der Waals surface area contributed by atoms with Crippen LogP contribution in [0.4, 0.5) is 8.78 Å². The van der Waals surface area contributed by atoms with Gasteiger partial charge in [0.25, 0.3) is 0 Å². The third-order valence-electron chi connectivity index (χ3n) is 3.76. The van der Waals surface area contributed by atoms with Gasteiger partial charge in [-0.1, -0.05) is 13.0 Å². The summed E-state index contributed by atoms with van der Waals surface area (Å²) in [7, 11) is 0. The van der Waals surface area contributed by atoms with Crippen LogP contribution >= 0.6 is 0 Å². The smallest absolute Gasteiger partial charge is 0.227 e. The largest absolute Gasteiger partial charge is 0.342 e. The summed E-state index contributed by atoms with van der Waals surface area (Å²) in [5.74, 6) is -1.44. The molecule has 1 heterocycles. The van der Waals surface area contributed by atoms with E-state index in [1.165, 1.54) is 12.1 Å². The Morgan fingerprint density at radius 2 is 2.21 bits per heavy atom. The molecule has 2 rings (SSSR count). The second kappa shape index (κ2) is 5.25. The van der Waals surface area contributed by atoms with Gasteiger partial charge in [0.05, 0.1) is 6.42 Å². The Kier molecular flexibility index (Phi) is 3.85. The van der Waals surface area contributed by atoms with Crippen LogP contribution in [0.3, 0.4) is 0 Å². The van der Waals surface area contributed by atoms with E-state index in [-0.39, 0.29) is 23.3 Å². The molecule has 0 radical (unpaired) electrons. The fraction of sp³-hybridized carbons (Fsp3) is 0.500. The lowest BCUT2D eigenvalue weighted by Gasteiger charge is -2.22. The molecule has 19 heavy (non-hydrogen) atoms. The highest BCUT2D eigenvalue weighted by atomic mass is 19.1. The minimum Gasteiger partial charge on any atom is -0.342 e. The van der Waals surface area contributed by atoms with Gasteiger partial charge in [0.1, 0.15) is 11.6 Å². The minimum atomic E-state index is -0.672. The number of hydrogen-bond acceptors (Lipinski definition) is 2. The maximum absolute atomic E-state index is 13.5. The molecule has 0 aliphatic carbocycles. The van der Waals surface area contributed by atoms with Crippen LogP contribution in [0.5, 0.6) is 0 Å². The molecule has 0 spiro atoms. The Balaban J connectivity index is 2.02. The molecular formula is C14H18F2N2O. The lowest BCUT2D eigenvalue weighted by atomic mass is 9.90. The van der Waals surface area contributed by atoms with Crippen molar-refractivity contribution in [2.24, 2.45) is 11.1 Å². The first kappa shape index (κ1) is 13.9. The number of hydrogen-bond donors (Lipinski definition) is 1. The number of rotatable bonds is 3. The zero-order valence-corrected chi connectivity index (χ0v) is 11.0. The lowest BCUT2D eigenvalue weighted by Crippen LogP contribution is -2.35. The second-order valence-electron chi connectivity index (χ2n) is 5.49. The van der Waals surface area contributed by atoms with E-state index >= 15 is 0 Å². The van der Waals surface area contributed by atoms with Crippen LogP contribution in [0.2, 0.25) is 0 Å². The SMILES string of the molecule is CC1(CN)CCN(C(=O)Cc2ccc(F)cc2F)C1. The number of likely N-dealkylation sites (tertiary alicyclic amines) is 1. The van der Waals surface area contributed by atoms with Crippen molar-refractivity contribution < 1.29 is 13.6 Å². The Bertz CT molecular complexity index is 492. The van der Waals surface area contributed by atoms with Gasteiger partial charge in [-0.05, 0) is 30.0 Å². The lowest BCUT2D eigenvalue weighted by molar-refractivity contribution is -0.129. The monoisotopic (exact) mass is 268 g/mol. The molecule has 1 saturated heterocycles. The van der Waals surface area contributed by atoms with Crippen molar-refractivity contribution in [3.63, 3.8) is 0 Å². The van der Waals surface area contributed by atoms with Gasteiger partial charge in [-0.15, -0.1) is 0 Å². The van der Waals surface area contributed by atoms with E-state index in [9.17, 15) is 13.6 Å². The third-order valence-corrected chi connectivity index (χ3v) is 3.76. The van der Waals surface area contributed by atoms with Crippen LogP contribution in [0.1, 0.15) is 18.9 Å². The first-order valence-corrected chi connectivity index (χ1v) is 6.35. The van der Waals surface area contributed by atoms with Gasteiger partial charge in [-0.3, -0.25) is 4.79 Å². The molecule has 0 bridgehead atoms. The predicted molar refractivity (Wildman–Crippen MR) is 68.4 cm³/mol. The van der Waals surface area contributed by atoms with Gasteiger partial charge < -0.3 is 10.6 Å². The van der Waals surface area contributed by atoms with E-state index in [1.807, 2.05) is 6.92 Å². The molecule has 3 nitrogen and oxygen atoms in total. The van der Waals surface area contributed by atoms with Crippen molar-refractivity contribution in [1.29, 1.82) is 0 Å². The molecule has 1 aromatic carbocycles. The Morgan fingerprint density at radius 3 is 2.79 bits per heavy atom. The highest BCUT2D eigenvalue weighted by Gasteiger charge is 2.34. The summed E-state index contributed by atoms with van der Waals surface area (Å²) in [5, 5.41) is 0. The Labute approximate surface area is 111 Å². The standard InChI is InChI=1S/C14H18F2N2O/c1-14(8-17)4-5-18(9-14)13(19)6-10-2-3-11(15)7-12(10)16/h2-3,7H,4-6,8-9,17H2,1H3. The fourth-order valence-corrected chi connectivity index (χ4v) is 2.34. The normalized spacial score (nSPS) is 22.8. The van der Waals surface area contributed by atoms with Crippen molar-refractivity contribution in [3.05, 3.63) is 35.4 Å². The molecule has 0 aromatic heterocycles. The molecule has 5 heteroatoms. The first-order chi connectivity index (χ1) is 8.93. The zero-order valence-electron chi connectivity index (χ0n) is 11.0. The summed E-state index contributed by atoms with van der Waals surface area (Å²) in [5.41, 5.74) is 5.87. The van der Waals surface area contributed by atoms with Gasteiger partial charge in [-0.25, -0.2) is 8.78 Å². The molecule has 1 aromatic rings. The number of carbonyl (C=O) groups is 1. The van der Waals surface area contributed by atoms with E-state index in [0.29, 0.717) is 19.6 Å². The summed E-state index contributed by atoms with van der Waals surface area (Å²) in [6.07, 6.45) is 0.827. The van der Waals surface area contributed by atoms with Crippen LogP contribution in [0, 0.1) is 17.0 Å². The van der Waals surface area contributed by atoms with Crippen LogP contribution in [0.25, 0.3) is 0 Å². The predicted octanol–water partition coefficient (Wildman–Crippen LogP) is 1.70. The highest BCUT2D eigenvalue weighted by Crippen LogP contribution is 2.28. The quantitative estimate of drug-likeness (QED) is 0.907. The third kappa shape index (κ3) is 3.10. The van der Waals surface area contributed by atoms with Crippen molar-refractivity contribution in [2.75, 3.05) is 19.6 Å². The molecule has 1 atom stereocenters. The van der Waals surface area contributed by atoms with Gasteiger partial charge in [-0.2, -0.15) is 0 Å². The van der Waals surface area contributed by atoms with E-state index in [0.717, 1.165) is 12.5 Å². The molecule has 1 amide bonds. The number of nitrogens with zero attached hydrogens (tertiary/aromatic N) is 1. The van der Waals surface area contributed by atoms with E-state index < -0.39 is 11.6 Å². The molecule has 1 aliphatic rings. The van der Waals surface area contributed by atoms with E-state index in [2.05, 4.69) is 0 Å². The van der Waals surface area contributed by atoms with Crippen molar-refractivity contribution in [3.8, 4) is 0 Å². The van der Waals surface area contributed by atoms with Crippen LogP contribution in [0.15, 0.2) is 18.2 Å². The number of carbonyl (C=O) groups excluding carboxylic acids is 1. The van der Waals surface area contributed by atoms with Crippen molar-refractivity contribution in [2.45, 2.75) is 19.8 Å². The molecular weight excluding hydrogens is 250 g/mol. The van der Waals surface area contributed by atoms with Crippen LogP contribution < -0.4 is 5.73 Å². The highest BCUT2D eigenvalue weighted by molar-refractivity contribution is 5.79. The van der Waals surface area contributed by atoms with Gasteiger partial charge in [0.2, 0.25) is 5.91 Å². The summed E-state index contributed by atoms with van der Waals surface area (Å²) < 4.78 is 26.3. The minimum absolute atomic E-state index is 0.0350. The number of nitrogens with two attached hydrogens (primary N) is 1. The van der Waals surface area contributed by atoms with E-state index in [4.69, 9.17) is 5.73 Å². The van der Waals surface area contributed by atoms with E-state index in [1.54, 1.807) is 4.90 Å². The summed E-state index contributed by atoms with van der Waals surface area (Å²) in [6.45, 7) is 3.82. The van der Waals surface area contributed by atoms with Crippen LogP contribution in [-0.2, 0) is 11.2 Å².